The Morgan fingerprint density at radius 1 is 1.03 bits per heavy atom. The van der Waals surface area contributed by atoms with Crippen molar-refractivity contribution in [1.82, 2.24) is 14.8 Å². The molecular weight excluding hydrogens is 441 g/mol. The van der Waals surface area contributed by atoms with Gasteiger partial charge in [-0.1, -0.05) is 0 Å². The van der Waals surface area contributed by atoms with E-state index in [4.69, 9.17) is 19.9 Å². The fourth-order valence-electron chi connectivity index (χ4n) is 2.50. The number of alkyl halides is 2. The van der Waals surface area contributed by atoms with Gasteiger partial charge in [0, 0.05) is 24.2 Å². The molecule has 1 aromatic carbocycles. The summed E-state index contributed by atoms with van der Waals surface area (Å²) < 4.78 is 42.2. The minimum Gasteiger partial charge on any atom is -0.492 e. The molecule has 164 valence electrons. The number of hydrogen-bond acceptors (Lipinski definition) is 6. The lowest BCUT2D eigenvalue weighted by atomic mass is 10.1. The molecule has 0 aliphatic rings. The number of nitrogens with zero attached hydrogens (tertiary/aromatic N) is 3. The molecule has 2 aromatic heterocycles. The second kappa shape index (κ2) is 12.2. The largest absolute Gasteiger partial charge is 0.492 e. The third-order valence-electron chi connectivity index (χ3n) is 3.76. The molecule has 30 heavy (non-hydrogen) atoms. The first-order valence-corrected chi connectivity index (χ1v) is 8.55. The zero-order chi connectivity index (χ0) is 19.9. The highest BCUT2D eigenvalue weighted by Gasteiger charge is 2.15. The van der Waals surface area contributed by atoms with E-state index in [-0.39, 0.29) is 30.7 Å². The van der Waals surface area contributed by atoms with Crippen molar-refractivity contribution in [3.63, 3.8) is 0 Å². The van der Waals surface area contributed by atoms with E-state index in [0.29, 0.717) is 36.2 Å². The summed E-state index contributed by atoms with van der Waals surface area (Å²) in [4.78, 5) is 4.16. The van der Waals surface area contributed by atoms with Crippen LogP contribution in [0.25, 0.3) is 16.9 Å². The number of aromatic nitrogens is 3. The Bertz CT molecular complexity index is 894. The fraction of sp³-hybridized carbons (Fsp3) is 0.263. The molecule has 0 amide bonds. The lowest BCUT2D eigenvalue weighted by molar-refractivity contribution is 0.0794. The molecule has 0 spiro atoms. The van der Waals surface area contributed by atoms with Gasteiger partial charge in [0.25, 0.3) is 6.43 Å². The van der Waals surface area contributed by atoms with Gasteiger partial charge < -0.3 is 19.9 Å². The van der Waals surface area contributed by atoms with E-state index < -0.39 is 13.0 Å². The molecule has 0 unspecified atom stereocenters. The summed E-state index contributed by atoms with van der Waals surface area (Å²) >= 11 is 0. The van der Waals surface area contributed by atoms with Crippen LogP contribution in [0.1, 0.15) is 0 Å². The van der Waals surface area contributed by atoms with Crippen molar-refractivity contribution in [2.75, 3.05) is 26.9 Å². The molecule has 7 nitrogen and oxygen atoms in total. The predicted octanol–water partition coefficient (Wildman–Crippen LogP) is 3.77. The van der Waals surface area contributed by atoms with Crippen LogP contribution in [0, 0.1) is 0 Å². The first kappa shape index (κ1) is 25.4. The molecule has 0 radical (unpaired) electrons. The molecule has 3 aromatic rings. The van der Waals surface area contributed by atoms with Crippen molar-refractivity contribution in [1.29, 1.82) is 0 Å². The number of methoxy groups -OCH3 is 1. The summed E-state index contributed by atoms with van der Waals surface area (Å²) in [6, 6.07) is 12.3. The lowest BCUT2D eigenvalue weighted by Crippen LogP contribution is -2.10. The van der Waals surface area contributed by atoms with Crippen LogP contribution in [0.5, 0.6) is 17.5 Å². The van der Waals surface area contributed by atoms with Crippen LogP contribution >= 0.6 is 24.8 Å². The molecule has 3 rings (SSSR count). The number of pyridine rings is 1. The molecule has 0 saturated carbocycles. The normalized spacial score (nSPS) is 10.2. The van der Waals surface area contributed by atoms with E-state index >= 15 is 0 Å². The fourth-order valence-corrected chi connectivity index (χ4v) is 2.50. The van der Waals surface area contributed by atoms with Crippen LogP contribution in [-0.4, -0.2) is 48.1 Å². The van der Waals surface area contributed by atoms with Crippen LogP contribution in [0.2, 0.25) is 0 Å². The van der Waals surface area contributed by atoms with Crippen LogP contribution in [-0.2, 0) is 0 Å². The molecule has 2 N–H and O–H groups in total. The van der Waals surface area contributed by atoms with Gasteiger partial charge in [0.15, 0.2) is 6.61 Å². The first-order chi connectivity index (χ1) is 13.6. The Kier molecular flexibility index (Phi) is 10.3. The van der Waals surface area contributed by atoms with Crippen molar-refractivity contribution in [3.8, 4) is 34.5 Å². The summed E-state index contributed by atoms with van der Waals surface area (Å²) in [5.41, 5.74) is 7.52. The number of hydrogen-bond donors (Lipinski definition) is 1. The molecule has 0 fully saturated rings. The summed E-state index contributed by atoms with van der Waals surface area (Å²) in [6.45, 7) is 0.105. The van der Waals surface area contributed by atoms with Gasteiger partial charge in [-0.3, -0.25) is 0 Å². The van der Waals surface area contributed by atoms with E-state index in [1.807, 2.05) is 12.1 Å². The highest BCUT2D eigenvalue weighted by atomic mass is 35.5. The van der Waals surface area contributed by atoms with Crippen LogP contribution in [0.15, 0.2) is 48.7 Å². The zero-order valence-electron chi connectivity index (χ0n) is 16.0. The van der Waals surface area contributed by atoms with Crippen molar-refractivity contribution in [2.24, 2.45) is 5.73 Å². The van der Waals surface area contributed by atoms with Gasteiger partial charge in [-0.2, -0.15) is 0 Å². The maximum Gasteiger partial charge on any atom is 0.272 e. The molecule has 0 bridgehead atoms. The van der Waals surface area contributed by atoms with Crippen molar-refractivity contribution < 1.29 is 23.0 Å². The van der Waals surface area contributed by atoms with Crippen LogP contribution in [0.4, 0.5) is 8.78 Å². The van der Waals surface area contributed by atoms with Crippen molar-refractivity contribution >= 4 is 24.8 Å². The van der Waals surface area contributed by atoms with E-state index in [0.717, 1.165) is 5.56 Å². The van der Waals surface area contributed by atoms with Crippen molar-refractivity contribution in [2.45, 2.75) is 6.43 Å². The number of nitrogens with two attached hydrogens (primary N) is 1. The van der Waals surface area contributed by atoms with Gasteiger partial charge in [-0.25, -0.2) is 18.4 Å². The molecule has 0 atom stereocenters. The molecule has 0 aliphatic carbocycles. The maximum atomic E-state index is 12.5. The SMILES string of the molecule is COc1ccc(-n2nc(OCC(F)F)cc2-c2ccc(OCCN)cc2)cn1.Cl.Cl. The molecule has 0 saturated heterocycles. The summed E-state index contributed by atoms with van der Waals surface area (Å²) in [6.07, 6.45) is -1.01. The average Bonchev–Trinajstić information content (AvgIpc) is 3.15. The van der Waals surface area contributed by atoms with Gasteiger partial charge in [-0.05, 0) is 30.3 Å². The number of ether oxygens (including phenoxy) is 3. The standard InChI is InChI=1S/C19H20F2N4O3.2ClH/c1-26-18-7-4-14(11-23-18)25-16(10-19(24-25)28-12-17(20)21)13-2-5-15(6-3-13)27-9-8-22;;/h2-7,10-11,17H,8-9,12,22H2,1H3;2*1H. The Hall–Kier alpha value is -2.62. The summed E-state index contributed by atoms with van der Waals surface area (Å²) in [5, 5.41) is 4.29. The molecular formula is C19H22Cl2F2N4O3. The Balaban J connectivity index is 0.00000225. The quantitative estimate of drug-likeness (QED) is 0.520. The minimum atomic E-state index is -2.59. The molecule has 0 aliphatic heterocycles. The van der Waals surface area contributed by atoms with Gasteiger partial charge in [-0.15, -0.1) is 29.9 Å². The second-order valence-electron chi connectivity index (χ2n) is 5.70. The highest BCUT2D eigenvalue weighted by Crippen LogP contribution is 2.29. The highest BCUT2D eigenvalue weighted by molar-refractivity contribution is 5.85. The van der Waals surface area contributed by atoms with Crippen molar-refractivity contribution in [3.05, 3.63) is 48.7 Å². The van der Waals surface area contributed by atoms with E-state index in [9.17, 15) is 8.78 Å². The predicted molar refractivity (Wildman–Crippen MR) is 114 cm³/mol. The minimum absolute atomic E-state index is 0. The second-order valence-corrected chi connectivity index (χ2v) is 5.70. The van der Waals surface area contributed by atoms with Gasteiger partial charge in [0.1, 0.15) is 12.4 Å². The Morgan fingerprint density at radius 2 is 1.77 bits per heavy atom. The van der Waals surface area contributed by atoms with E-state index in [2.05, 4.69) is 10.1 Å². The number of halogens is 4. The molecule has 11 heteroatoms. The zero-order valence-corrected chi connectivity index (χ0v) is 17.7. The van der Waals surface area contributed by atoms with Gasteiger partial charge in [0.2, 0.25) is 11.8 Å². The van der Waals surface area contributed by atoms with Gasteiger partial charge >= 0.3 is 0 Å². The monoisotopic (exact) mass is 462 g/mol. The summed E-state index contributed by atoms with van der Waals surface area (Å²) in [7, 11) is 1.52. The van der Waals surface area contributed by atoms with Gasteiger partial charge in [0.05, 0.1) is 24.7 Å². The average molecular weight is 463 g/mol. The Morgan fingerprint density at radius 3 is 2.33 bits per heavy atom. The third kappa shape index (κ3) is 6.45. The summed E-state index contributed by atoms with van der Waals surface area (Å²) in [5.74, 6) is 1.23. The molecule has 2 heterocycles. The number of benzene rings is 1. The topological polar surface area (TPSA) is 84.4 Å². The lowest BCUT2D eigenvalue weighted by Gasteiger charge is -2.09. The third-order valence-corrected chi connectivity index (χ3v) is 3.76. The maximum absolute atomic E-state index is 12.5. The first-order valence-electron chi connectivity index (χ1n) is 8.55. The van der Waals surface area contributed by atoms with Crippen LogP contribution < -0.4 is 19.9 Å². The smallest absolute Gasteiger partial charge is 0.272 e. The van der Waals surface area contributed by atoms with E-state index in [1.54, 1.807) is 41.2 Å². The van der Waals surface area contributed by atoms with E-state index in [1.165, 1.54) is 7.11 Å². The number of rotatable bonds is 9. The van der Waals surface area contributed by atoms with Crippen LogP contribution in [0.3, 0.4) is 0 Å². The Labute approximate surface area is 185 Å².